The number of ether oxygens (including phenoxy) is 2. The number of piperazine rings is 1. The largest absolute Gasteiger partial charge is 0.379 e. The molecular formula is C38H53ClN4O4. The van der Waals surface area contributed by atoms with E-state index in [1.165, 1.54) is 12.8 Å². The Balaban J connectivity index is 1.15. The molecule has 4 aliphatic rings. The van der Waals surface area contributed by atoms with Crippen molar-refractivity contribution in [2.75, 3.05) is 57.2 Å². The first kappa shape index (κ1) is 34.2. The first-order valence-corrected chi connectivity index (χ1v) is 18.0. The van der Waals surface area contributed by atoms with Crippen LogP contribution in [-0.2, 0) is 19.1 Å². The molecule has 2 aliphatic heterocycles. The Morgan fingerprint density at radius 3 is 2.26 bits per heavy atom. The molecule has 8 nitrogen and oxygen atoms in total. The van der Waals surface area contributed by atoms with Crippen LogP contribution in [0.15, 0.2) is 48.5 Å². The number of rotatable bonds is 9. The van der Waals surface area contributed by atoms with E-state index in [2.05, 4.69) is 67.1 Å². The van der Waals surface area contributed by atoms with Crippen LogP contribution in [0.5, 0.6) is 0 Å². The Kier molecular flexibility index (Phi) is 10.8. The number of carbonyl (C=O) groups excluding carboxylic acids is 2. The van der Waals surface area contributed by atoms with Crippen LogP contribution in [0.4, 0.5) is 11.4 Å². The summed E-state index contributed by atoms with van der Waals surface area (Å²) < 4.78 is 12.3. The molecule has 0 radical (unpaired) electrons. The molecule has 6 rings (SSSR count). The zero-order valence-corrected chi connectivity index (χ0v) is 29.6. The van der Waals surface area contributed by atoms with Gasteiger partial charge in [0.15, 0.2) is 0 Å². The lowest BCUT2D eigenvalue weighted by molar-refractivity contribution is -0.140. The van der Waals surface area contributed by atoms with Gasteiger partial charge in [0.05, 0.1) is 30.9 Å². The van der Waals surface area contributed by atoms with Crippen LogP contribution in [0.1, 0.15) is 70.4 Å². The number of benzene rings is 2. The van der Waals surface area contributed by atoms with Gasteiger partial charge >= 0.3 is 0 Å². The van der Waals surface area contributed by atoms with Gasteiger partial charge in [0.25, 0.3) is 0 Å². The SMILES string of the molecule is COC1CC2CC(=O)N(c3ccc(N(C)CC4CCC(N5CCN(C)C(=O)C5)CC4)cc3)[C@@H](c3ccc(Cl)cc3)C2CC1OC(C)C. The van der Waals surface area contributed by atoms with Crippen molar-refractivity contribution < 1.29 is 19.1 Å². The van der Waals surface area contributed by atoms with Crippen molar-refractivity contribution in [1.82, 2.24) is 9.80 Å². The number of halogens is 1. The fraction of sp³-hybridized carbons (Fsp3) is 0.632. The van der Waals surface area contributed by atoms with Gasteiger partial charge in [-0.1, -0.05) is 23.7 Å². The van der Waals surface area contributed by atoms with Crippen LogP contribution in [0.25, 0.3) is 0 Å². The van der Waals surface area contributed by atoms with E-state index in [1.807, 2.05) is 29.0 Å². The van der Waals surface area contributed by atoms with E-state index in [1.54, 1.807) is 7.11 Å². The molecule has 2 saturated heterocycles. The van der Waals surface area contributed by atoms with E-state index < -0.39 is 0 Å². The molecule has 0 aromatic heterocycles. The second kappa shape index (κ2) is 14.9. The fourth-order valence-corrected chi connectivity index (χ4v) is 8.90. The Morgan fingerprint density at radius 2 is 1.62 bits per heavy atom. The van der Waals surface area contributed by atoms with Crippen molar-refractivity contribution in [3.05, 3.63) is 59.1 Å². The van der Waals surface area contributed by atoms with Gasteiger partial charge < -0.3 is 24.2 Å². The van der Waals surface area contributed by atoms with E-state index in [0.29, 0.717) is 29.9 Å². The van der Waals surface area contributed by atoms with Gasteiger partial charge in [0, 0.05) is 69.7 Å². The first-order chi connectivity index (χ1) is 22.6. The Hall–Kier alpha value is -2.65. The molecule has 5 atom stereocenters. The summed E-state index contributed by atoms with van der Waals surface area (Å²) in [6.07, 6.45) is 6.95. The summed E-state index contributed by atoms with van der Waals surface area (Å²) in [5.74, 6) is 1.51. The molecule has 0 spiro atoms. The average molecular weight is 665 g/mol. The Labute approximate surface area is 286 Å². The third-order valence-electron chi connectivity index (χ3n) is 11.3. The van der Waals surface area contributed by atoms with Crippen LogP contribution in [0, 0.1) is 17.8 Å². The lowest BCUT2D eigenvalue weighted by Gasteiger charge is -2.51. The van der Waals surface area contributed by atoms with Gasteiger partial charge in [-0.3, -0.25) is 14.5 Å². The number of anilines is 2. The molecule has 2 aromatic rings. The molecule has 256 valence electrons. The van der Waals surface area contributed by atoms with Crippen LogP contribution in [-0.4, -0.2) is 93.4 Å². The van der Waals surface area contributed by atoms with Gasteiger partial charge in [0.2, 0.25) is 11.8 Å². The lowest BCUT2D eigenvalue weighted by atomic mass is 9.67. The molecular weight excluding hydrogens is 612 g/mol. The number of nitrogens with zero attached hydrogens (tertiary/aromatic N) is 4. The number of likely N-dealkylation sites (N-methyl/N-ethyl adjacent to an activating group) is 1. The Bertz CT molecular complexity index is 1360. The number of hydrogen-bond acceptors (Lipinski definition) is 6. The highest BCUT2D eigenvalue weighted by atomic mass is 35.5. The minimum Gasteiger partial charge on any atom is -0.379 e. The molecule has 2 aliphatic carbocycles. The summed E-state index contributed by atoms with van der Waals surface area (Å²) >= 11 is 6.32. The molecule has 0 N–H and O–H groups in total. The third-order valence-corrected chi connectivity index (χ3v) is 11.6. The number of fused-ring (bicyclic) bond motifs is 1. The minimum atomic E-state index is -0.107. The highest BCUT2D eigenvalue weighted by Crippen LogP contribution is 2.50. The van der Waals surface area contributed by atoms with Crippen LogP contribution < -0.4 is 9.80 Å². The molecule has 2 heterocycles. The zero-order valence-electron chi connectivity index (χ0n) is 28.8. The van der Waals surface area contributed by atoms with E-state index in [9.17, 15) is 9.59 Å². The standard InChI is InChI=1S/C38H53ClN4O4/c1-25(2)47-35-22-33-28(20-34(35)46-5)21-36(44)43(38(33)27-8-10-29(39)11-9-27)32-16-14-30(15-17-32)41(4)23-26-6-12-31(13-7-26)42-19-18-40(3)37(45)24-42/h8-11,14-17,25-26,28,31,33-35,38H,6-7,12-13,18-24H2,1-5H3/t26?,28?,31?,33?,34?,35?,38-/m0/s1. The highest BCUT2D eigenvalue weighted by molar-refractivity contribution is 6.30. The molecule has 9 heteroatoms. The van der Waals surface area contributed by atoms with Crippen molar-refractivity contribution in [3.63, 3.8) is 0 Å². The second-order valence-corrected chi connectivity index (χ2v) is 15.2. The Morgan fingerprint density at radius 1 is 0.915 bits per heavy atom. The molecule has 47 heavy (non-hydrogen) atoms. The molecule has 2 amide bonds. The van der Waals surface area contributed by atoms with E-state index in [0.717, 1.165) is 62.3 Å². The van der Waals surface area contributed by atoms with Crippen molar-refractivity contribution in [2.24, 2.45) is 17.8 Å². The van der Waals surface area contributed by atoms with E-state index in [4.69, 9.17) is 21.1 Å². The molecule has 2 aromatic carbocycles. The predicted molar refractivity (Wildman–Crippen MR) is 188 cm³/mol. The quantitative estimate of drug-likeness (QED) is 0.308. The smallest absolute Gasteiger partial charge is 0.236 e. The van der Waals surface area contributed by atoms with Gasteiger partial charge in [-0.2, -0.15) is 0 Å². The van der Waals surface area contributed by atoms with Crippen LogP contribution in [0.2, 0.25) is 5.02 Å². The summed E-state index contributed by atoms with van der Waals surface area (Å²) in [5.41, 5.74) is 3.20. The number of amides is 2. The van der Waals surface area contributed by atoms with Gasteiger partial charge in [-0.15, -0.1) is 0 Å². The normalized spacial score (nSPS) is 30.5. The maximum absolute atomic E-state index is 14.0. The topological polar surface area (TPSA) is 65.6 Å². The fourth-order valence-electron chi connectivity index (χ4n) is 8.77. The lowest BCUT2D eigenvalue weighted by Crippen LogP contribution is -2.53. The summed E-state index contributed by atoms with van der Waals surface area (Å²) in [4.78, 5) is 34.9. The van der Waals surface area contributed by atoms with Crippen molar-refractivity contribution >= 4 is 34.8 Å². The predicted octanol–water partition coefficient (Wildman–Crippen LogP) is 6.42. The average Bonchev–Trinajstić information content (AvgIpc) is 3.06. The third kappa shape index (κ3) is 7.66. The molecule has 0 bridgehead atoms. The number of piperidine rings is 1. The zero-order chi connectivity index (χ0) is 33.2. The summed E-state index contributed by atoms with van der Waals surface area (Å²) in [6, 6.07) is 17.0. The van der Waals surface area contributed by atoms with Crippen LogP contribution >= 0.6 is 11.6 Å². The maximum Gasteiger partial charge on any atom is 0.236 e. The monoisotopic (exact) mass is 664 g/mol. The summed E-state index contributed by atoms with van der Waals surface area (Å²) in [5, 5.41) is 0.693. The minimum absolute atomic E-state index is 0.00951. The van der Waals surface area contributed by atoms with Gasteiger partial charge in [-0.25, -0.2) is 0 Å². The van der Waals surface area contributed by atoms with Crippen molar-refractivity contribution in [1.29, 1.82) is 0 Å². The second-order valence-electron chi connectivity index (χ2n) is 14.7. The van der Waals surface area contributed by atoms with Crippen LogP contribution in [0.3, 0.4) is 0 Å². The van der Waals surface area contributed by atoms with E-state index >= 15 is 0 Å². The molecule has 4 unspecified atom stereocenters. The highest BCUT2D eigenvalue weighted by Gasteiger charge is 2.49. The molecule has 4 fully saturated rings. The number of hydrogen-bond donors (Lipinski definition) is 0. The number of carbonyl (C=O) groups is 2. The summed E-state index contributed by atoms with van der Waals surface area (Å²) in [7, 11) is 5.84. The van der Waals surface area contributed by atoms with E-state index in [-0.39, 0.29) is 48.0 Å². The number of methoxy groups -OCH3 is 1. The van der Waals surface area contributed by atoms with Crippen molar-refractivity contribution in [3.8, 4) is 0 Å². The van der Waals surface area contributed by atoms with Gasteiger partial charge in [-0.05, 0) is 112 Å². The maximum atomic E-state index is 14.0. The van der Waals surface area contributed by atoms with Crippen molar-refractivity contribution in [2.45, 2.75) is 89.2 Å². The first-order valence-electron chi connectivity index (χ1n) is 17.7. The molecule has 2 saturated carbocycles. The summed E-state index contributed by atoms with van der Waals surface area (Å²) in [6.45, 7) is 7.55. The van der Waals surface area contributed by atoms with Gasteiger partial charge in [0.1, 0.15) is 0 Å².